The molecule has 0 fully saturated rings. The van der Waals surface area contributed by atoms with Gasteiger partial charge in [-0.05, 0) is 32.0 Å². The van der Waals surface area contributed by atoms with Gasteiger partial charge in [-0.25, -0.2) is 8.42 Å². The average Bonchev–Trinajstić information content (AvgIpc) is 2.99. The number of hydrogen-bond acceptors (Lipinski definition) is 3. The Morgan fingerprint density at radius 1 is 0.933 bits per heavy atom. The molecule has 0 aliphatic carbocycles. The number of alkyl halides is 6. The summed E-state index contributed by atoms with van der Waals surface area (Å²) in [7, 11) is -4.53. The molecule has 1 N–H and O–H groups in total. The summed E-state index contributed by atoms with van der Waals surface area (Å²) in [6, 6.07) is 0.336. The summed E-state index contributed by atoms with van der Waals surface area (Å²) in [5.74, 6) is 0. The van der Waals surface area contributed by atoms with Crippen LogP contribution in [0.25, 0.3) is 0 Å². The zero-order chi connectivity index (χ0) is 23.3. The zero-order valence-electron chi connectivity index (χ0n) is 16.8. The van der Waals surface area contributed by atoms with E-state index in [-0.39, 0.29) is 22.7 Å². The van der Waals surface area contributed by atoms with Crippen LogP contribution in [0.4, 0.5) is 32.0 Å². The van der Waals surface area contributed by atoms with Gasteiger partial charge in [-0.15, -0.1) is 0 Å². The highest BCUT2D eigenvalue weighted by Crippen LogP contribution is 2.38. The van der Waals surface area contributed by atoms with Crippen molar-refractivity contribution in [2.45, 2.75) is 63.3 Å². The molecule has 2 rings (SSSR count). The second kappa shape index (κ2) is 7.47. The van der Waals surface area contributed by atoms with Gasteiger partial charge >= 0.3 is 12.4 Å². The maximum atomic E-state index is 13.0. The van der Waals surface area contributed by atoms with Crippen molar-refractivity contribution in [2.75, 3.05) is 4.72 Å². The van der Waals surface area contributed by atoms with Crippen LogP contribution in [-0.2, 0) is 27.8 Å². The molecule has 12 heteroatoms. The zero-order valence-corrected chi connectivity index (χ0v) is 17.6. The fraction of sp³-hybridized carbons (Fsp3) is 0.500. The first kappa shape index (κ1) is 24.0. The number of aromatic nitrogens is 2. The maximum absolute atomic E-state index is 13.0. The monoisotopic (exact) mass is 457 g/mol. The van der Waals surface area contributed by atoms with Crippen molar-refractivity contribution < 1.29 is 34.8 Å². The first-order chi connectivity index (χ1) is 13.3. The lowest BCUT2D eigenvalue weighted by atomic mass is 9.92. The van der Waals surface area contributed by atoms with E-state index in [1.165, 1.54) is 10.9 Å². The lowest BCUT2D eigenvalue weighted by Gasteiger charge is -2.19. The van der Waals surface area contributed by atoms with Gasteiger partial charge in [0, 0.05) is 17.7 Å². The summed E-state index contributed by atoms with van der Waals surface area (Å²) in [6.07, 6.45) is -8.99. The van der Waals surface area contributed by atoms with Gasteiger partial charge in [-0.3, -0.25) is 9.40 Å². The number of nitrogens with zero attached hydrogens (tertiary/aromatic N) is 2. The molecule has 0 saturated carbocycles. The molecule has 0 aliphatic rings. The Balaban J connectivity index is 2.62. The van der Waals surface area contributed by atoms with E-state index in [1.54, 1.807) is 34.6 Å². The van der Waals surface area contributed by atoms with E-state index in [4.69, 9.17) is 0 Å². The number of halogens is 6. The smallest absolute Gasteiger partial charge is 0.279 e. The normalized spacial score (nSPS) is 13.7. The van der Waals surface area contributed by atoms with Crippen LogP contribution in [-0.4, -0.2) is 18.2 Å². The Kier molecular flexibility index (Phi) is 5.98. The first-order valence-corrected chi connectivity index (χ1v) is 10.2. The van der Waals surface area contributed by atoms with Crippen LogP contribution in [0, 0.1) is 0 Å². The van der Waals surface area contributed by atoms with E-state index < -0.39 is 44.6 Å². The molecule has 0 amide bonds. The molecule has 2 aromatic rings. The van der Waals surface area contributed by atoms with Crippen LogP contribution in [0.5, 0.6) is 0 Å². The molecule has 0 bridgehead atoms. The van der Waals surface area contributed by atoms with Crippen LogP contribution in [0.3, 0.4) is 0 Å². The van der Waals surface area contributed by atoms with Gasteiger partial charge in [0.1, 0.15) is 4.90 Å². The van der Waals surface area contributed by atoms with Gasteiger partial charge in [-0.2, -0.15) is 31.4 Å². The summed E-state index contributed by atoms with van der Waals surface area (Å²) in [5, 5.41) is 4.24. The number of rotatable bonds is 4. The van der Waals surface area contributed by atoms with Gasteiger partial charge in [-0.1, -0.05) is 20.8 Å². The standard InChI is InChI=1S/C18H21F6N3O2S/c1-10(2)27-9-14(15(25-27)16(3,4)5)30(28,29)26-13-7-11(17(19,20)21)6-12(8-13)18(22,23)24/h6-10,26H,1-5H3. The topological polar surface area (TPSA) is 64.0 Å². The van der Waals surface area contributed by atoms with Gasteiger partial charge in [0.2, 0.25) is 0 Å². The SMILES string of the molecule is CC(C)n1cc(S(=O)(=O)Nc2cc(C(F)(F)F)cc(C(F)(F)F)c2)c(C(C)(C)C)n1. The largest absolute Gasteiger partial charge is 0.416 e. The molecule has 30 heavy (non-hydrogen) atoms. The number of benzene rings is 1. The predicted octanol–water partition coefficient (Wildman–Crippen LogP) is 5.60. The third kappa shape index (κ3) is 5.27. The van der Waals surface area contributed by atoms with Crippen LogP contribution in [0.15, 0.2) is 29.3 Å². The summed E-state index contributed by atoms with van der Waals surface area (Å²) >= 11 is 0. The fourth-order valence-corrected chi connectivity index (χ4v) is 3.97. The van der Waals surface area contributed by atoms with Crippen molar-refractivity contribution in [1.82, 2.24) is 9.78 Å². The molecule has 0 atom stereocenters. The van der Waals surface area contributed by atoms with Crippen LogP contribution in [0.1, 0.15) is 57.5 Å². The van der Waals surface area contributed by atoms with E-state index in [0.717, 1.165) is 0 Å². The van der Waals surface area contributed by atoms with Crippen LogP contribution < -0.4 is 4.72 Å². The van der Waals surface area contributed by atoms with Crippen molar-refractivity contribution in [2.24, 2.45) is 0 Å². The molecule has 1 aromatic carbocycles. The Morgan fingerprint density at radius 2 is 1.40 bits per heavy atom. The van der Waals surface area contributed by atoms with Crippen molar-refractivity contribution in [3.8, 4) is 0 Å². The molecule has 0 radical (unpaired) electrons. The Labute approximate surface area is 170 Å². The fourth-order valence-electron chi connectivity index (χ4n) is 2.58. The number of nitrogens with one attached hydrogen (secondary N) is 1. The average molecular weight is 457 g/mol. The summed E-state index contributed by atoms with van der Waals surface area (Å²) in [5.41, 5.74) is -4.72. The number of sulfonamides is 1. The highest BCUT2D eigenvalue weighted by Gasteiger charge is 2.38. The Morgan fingerprint density at radius 3 is 1.77 bits per heavy atom. The van der Waals surface area contributed by atoms with E-state index in [0.29, 0.717) is 12.1 Å². The van der Waals surface area contributed by atoms with E-state index in [1.807, 2.05) is 4.72 Å². The first-order valence-electron chi connectivity index (χ1n) is 8.74. The van der Waals surface area contributed by atoms with Gasteiger partial charge in [0.25, 0.3) is 10.0 Å². The van der Waals surface area contributed by atoms with Crippen LogP contribution >= 0.6 is 0 Å². The molecule has 0 spiro atoms. The lowest BCUT2D eigenvalue weighted by molar-refractivity contribution is -0.143. The molecule has 0 unspecified atom stereocenters. The molecule has 1 aromatic heterocycles. The summed E-state index contributed by atoms with van der Waals surface area (Å²) in [4.78, 5) is -0.324. The van der Waals surface area contributed by atoms with Crippen molar-refractivity contribution in [3.63, 3.8) is 0 Å². The highest BCUT2D eigenvalue weighted by molar-refractivity contribution is 7.92. The van der Waals surface area contributed by atoms with Crippen molar-refractivity contribution in [3.05, 3.63) is 41.2 Å². The molecule has 5 nitrogen and oxygen atoms in total. The molecule has 0 saturated heterocycles. The minimum atomic E-state index is -5.10. The van der Waals surface area contributed by atoms with Crippen LogP contribution in [0.2, 0.25) is 0 Å². The molecule has 1 heterocycles. The summed E-state index contributed by atoms with van der Waals surface area (Å²) < 4.78 is 107. The quantitative estimate of drug-likeness (QED) is 0.608. The highest BCUT2D eigenvalue weighted by atomic mass is 32.2. The molecular weight excluding hydrogens is 436 g/mol. The minimum absolute atomic E-state index is 0.0742. The Bertz CT molecular complexity index is 999. The minimum Gasteiger partial charge on any atom is -0.279 e. The molecule has 168 valence electrons. The van der Waals surface area contributed by atoms with E-state index >= 15 is 0 Å². The predicted molar refractivity (Wildman–Crippen MR) is 98.6 cm³/mol. The molecular formula is C18H21F6N3O2S. The van der Waals surface area contributed by atoms with E-state index in [2.05, 4.69) is 5.10 Å². The lowest BCUT2D eigenvalue weighted by Crippen LogP contribution is -2.21. The van der Waals surface area contributed by atoms with Gasteiger partial charge in [0.05, 0.1) is 22.5 Å². The third-order valence-corrected chi connectivity index (χ3v) is 5.45. The van der Waals surface area contributed by atoms with Gasteiger partial charge < -0.3 is 0 Å². The second-order valence-electron chi connectivity index (χ2n) is 8.07. The maximum Gasteiger partial charge on any atom is 0.416 e. The van der Waals surface area contributed by atoms with Gasteiger partial charge in [0.15, 0.2) is 0 Å². The Hall–Kier alpha value is -2.24. The van der Waals surface area contributed by atoms with Crippen molar-refractivity contribution >= 4 is 15.7 Å². The molecule has 0 aliphatic heterocycles. The van der Waals surface area contributed by atoms with E-state index in [9.17, 15) is 34.8 Å². The number of hydrogen-bond donors (Lipinski definition) is 1. The number of anilines is 1. The van der Waals surface area contributed by atoms with Crippen molar-refractivity contribution in [1.29, 1.82) is 0 Å². The summed E-state index contributed by atoms with van der Waals surface area (Å²) in [6.45, 7) is 8.54. The third-order valence-electron chi connectivity index (χ3n) is 4.07. The second-order valence-corrected chi connectivity index (χ2v) is 9.72.